The SMILES string of the molecule is c1ccc(-n2c3ccccc3c3cc(-c4nc(-c5ccc6ccccc6c5)nc(-c5ccc6c(c5)c5ccccc5n6-c5ccccc5)n4)ccc32)cc1. The van der Waals surface area contributed by atoms with E-state index in [0.717, 1.165) is 66.3 Å². The van der Waals surface area contributed by atoms with Gasteiger partial charge in [-0.05, 0) is 89.6 Å². The van der Waals surface area contributed by atoms with Crippen LogP contribution in [-0.4, -0.2) is 24.1 Å². The molecule has 0 atom stereocenters. The van der Waals surface area contributed by atoms with E-state index in [0.29, 0.717) is 17.5 Å². The van der Waals surface area contributed by atoms with Crippen molar-refractivity contribution in [1.82, 2.24) is 24.1 Å². The molecule has 0 aliphatic heterocycles. The van der Waals surface area contributed by atoms with Crippen molar-refractivity contribution >= 4 is 54.4 Å². The Labute approximate surface area is 311 Å². The van der Waals surface area contributed by atoms with Crippen LogP contribution in [0.1, 0.15) is 0 Å². The molecule has 3 heterocycles. The van der Waals surface area contributed by atoms with Crippen molar-refractivity contribution < 1.29 is 0 Å². The highest BCUT2D eigenvalue weighted by Crippen LogP contribution is 2.37. The van der Waals surface area contributed by atoms with Crippen LogP contribution in [0.2, 0.25) is 0 Å². The lowest BCUT2D eigenvalue weighted by atomic mass is 10.1. The number of aromatic nitrogens is 5. The zero-order valence-corrected chi connectivity index (χ0v) is 29.1. The zero-order chi connectivity index (χ0) is 35.6. The van der Waals surface area contributed by atoms with Gasteiger partial charge in [-0.25, -0.2) is 15.0 Å². The van der Waals surface area contributed by atoms with Gasteiger partial charge in [-0.3, -0.25) is 0 Å². The Hall–Kier alpha value is -7.37. The molecule has 0 saturated carbocycles. The van der Waals surface area contributed by atoms with Gasteiger partial charge in [0.1, 0.15) is 0 Å². The maximum Gasteiger partial charge on any atom is 0.164 e. The van der Waals surface area contributed by atoms with E-state index in [4.69, 9.17) is 15.0 Å². The summed E-state index contributed by atoms with van der Waals surface area (Å²) in [5.74, 6) is 1.90. The minimum Gasteiger partial charge on any atom is -0.309 e. The molecule has 3 aromatic heterocycles. The molecule has 0 spiro atoms. The third-order valence-electron chi connectivity index (χ3n) is 10.5. The number of benzene rings is 8. The van der Waals surface area contributed by atoms with E-state index >= 15 is 0 Å². The van der Waals surface area contributed by atoms with Gasteiger partial charge in [0.25, 0.3) is 0 Å². The van der Waals surface area contributed by atoms with E-state index in [2.05, 4.69) is 197 Å². The molecule has 0 saturated heterocycles. The molecule has 5 heteroatoms. The molecule has 0 fully saturated rings. The van der Waals surface area contributed by atoms with Gasteiger partial charge in [0.15, 0.2) is 17.5 Å². The van der Waals surface area contributed by atoms with E-state index in [1.54, 1.807) is 0 Å². The van der Waals surface area contributed by atoms with Crippen molar-refractivity contribution in [3.8, 4) is 45.5 Å². The van der Waals surface area contributed by atoms with Crippen LogP contribution in [0.15, 0.2) is 188 Å². The normalized spacial score (nSPS) is 11.7. The van der Waals surface area contributed by atoms with Crippen LogP contribution in [0.5, 0.6) is 0 Å². The lowest BCUT2D eigenvalue weighted by molar-refractivity contribution is 1.08. The van der Waals surface area contributed by atoms with Gasteiger partial charge in [0.05, 0.1) is 22.1 Å². The fourth-order valence-electron chi connectivity index (χ4n) is 8.03. The average molecular weight is 690 g/mol. The van der Waals surface area contributed by atoms with E-state index in [-0.39, 0.29) is 0 Å². The monoisotopic (exact) mass is 689 g/mol. The molecule has 11 aromatic rings. The number of para-hydroxylation sites is 4. The first-order valence-corrected chi connectivity index (χ1v) is 18.2. The van der Waals surface area contributed by atoms with Crippen molar-refractivity contribution in [2.45, 2.75) is 0 Å². The quantitative estimate of drug-likeness (QED) is 0.181. The second kappa shape index (κ2) is 12.1. The van der Waals surface area contributed by atoms with Crippen LogP contribution in [-0.2, 0) is 0 Å². The third kappa shape index (κ3) is 4.83. The molecule has 11 rings (SSSR count). The molecule has 54 heavy (non-hydrogen) atoms. The number of fused-ring (bicyclic) bond motifs is 7. The third-order valence-corrected chi connectivity index (χ3v) is 10.5. The van der Waals surface area contributed by atoms with Gasteiger partial charge in [0.2, 0.25) is 0 Å². The van der Waals surface area contributed by atoms with Gasteiger partial charge in [-0.2, -0.15) is 0 Å². The predicted octanol–water partition coefficient (Wildman–Crippen LogP) is 12.2. The highest BCUT2D eigenvalue weighted by molar-refractivity contribution is 6.11. The summed E-state index contributed by atoms with van der Waals surface area (Å²) in [6.45, 7) is 0. The Bertz CT molecular complexity index is 3040. The molecule has 0 bridgehead atoms. The van der Waals surface area contributed by atoms with E-state index < -0.39 is 0 Å². The van der Waals surface area contributed by atoms with Crippen LogP contribution >= 0.6 is 0 Å². The Balaban J connectivity index is 1.13. The van der Waals surface area contributed by atoms with Crippen LogP contribution in [0.3, 0.4) is 0 Å². The maximum absolute atomic E-state index is 5.23. The summed E-state index contributed by atoms with van der Waals surface area (Å²) in [7, 11) is 0. The minimum absolute atomic E-state index is 0.633. The Morgan fingerprint density at radius 2 is 0.667 bits per heavy atom. The predicted molar refractivity (Wildman–Crippen MR) is 222 cm³/mol. The van der Waals surface area contributed by atoms with Crippen molar-refractivity contribution in [2.24, 2.45) is 0 Å². The van der Waals surface area contributed by atoms with Gasteiger partial charge >= 0.3 is 0 Å². The number of hydrogen-bond acceptors (Lipinski definition) is 3. The number of nitrogens with zero attached hydrogens (tertiary/aromatic N) is 5. The second-order valence-electron chi connectivity index (χ2n) is 13.7. The lowest BCUT2D eigenvalue weighted by Crippen LogP contribution is -2.00. The molecule has 0 aliphatic carbocycles. The Kier molecular flexibility index (Phi) is 6.79. The minimum atomic E-state index is 0.633. The topological polar surface area (TPSA) is 48.5 Å². The van der Waals surface area contributed by atoms with E-state index in [1.807, 2.05) is 0 Å². The molecule has 0 radical (unpaired) electrons. The summed E-state index contributed by atoms with van der Waals surface area (Å²) in [5, 5.41) is 6.98. The van der Waals surface area contributed by atoms with E-state index in [9.17, 15) is 0 Å². The summed E-state index contributed by atoms with van der Waals surface area (Å²) in [4.78, 5) is 15.6. The molecule has 8 aromatic carbocycles. The van der Waals surface area contributed by atoms with Crippen LogP contribution in [0.25, 0.3) is 99.9 Å². The standard InChI is InChI=1S/C49H31N5/c1-3-15-37(16-4-1)53-43-21-11-9-19-39(43)41-30-35(25-27-45(41)53)48-50-47(34-24-23-32-13-7-8-14-33(32)29-34)51-49(52-48)36-26-28-46-42(31-36)40-20-10-12-22-44(40)54(46)38-17-5-2-6-18-38/h1-31H. The van der Waals surface area contributed by atoms with Crippen molar-refractivity contribution in [2.75, 3.05) is 0 Å². The first-order valence-electron chi connectivity index (χ1n) is 18.2. The van der Waals surface area contributed by atoms with E-state index in [1.165, 1.54) is 16.2 Å². The summed E-state index contributed by atoms with van der Waals surface area (Å²) >= 11 is 0. The summed E-state index contributed by atoms with van der Waals surface area (Å²) in [6.07, 6.45) is 0. The fraction of sp³-hybridized carbons (Fsp3) is 0. The average Bonchev–Trinajstić information content (AvgIpc) is 3.76. The number of hydrogen-bond donors (Lipinski definition) is 0. The molecule has 5 nitrogen and oxygen atoms in total. The summed E-state index contributed by atoms with van der Waals surface area (Å²) in [6, 6.07) is 66.2. The van der Waals surface area contributed by atoms with Gasteiger partial charge in [-0.1, -0.05) is 109 Å². The Morgan fingerprint density at radius 3 is 1.19 bits per heavy atom. The van der Waals surface area contributed by atoms with Crippen LogP contribution in [0, 0.1) is 0 Å². The van der Waals surface area contributed by atoms with Crippen molar-refractivity contribution in [1.29, 1.82) is 0 Å². The smallest absolute Gasteiger partial charge is 0.164 e. The zero-order valence-electron chi connectivity index (χ0n) is 29.1. The molecule has 252 valence electrons. The van der Waals surface area contributed by atoms with Crippen molar-refractivity contribution in [3.05, 3.63) is 188 Å². The molecular weight excluding hydrogens is 659 g/mol. The summed E-state index contributed by atoms with van der Waals surface area (Å²) < 4.78 is 4.66. The second-order valence-corrected chi connectivity index (χ2v) is 13.7. The first kappa shape index (κ1) is 30.3. The molecule has 0 unspecified atom stereocenters. The van der Waals surface area contributed by atoms with Gasteiger partial charge < -0.3 is 9.13 Å². The fourth-order valence-corrected chi connectivity index (χ4v) is 8.03. The molecule has 0 amide bonds. The highest BCUT2D eigenvalue weighted by atomic mass is 15.0. The summed E-state index contributed by atoms with van der Waals surface area (Å²) in [5.41, 5.74) is 9.66. The maximum atomic E-state index is 5.23. The van der Waals surface area contributed by atoms with Crippen molar-refractivity contribution in [3.63, 3.8) is 0 Å². The lowest BCUT2D eigenvalue weighted by Gasteiger charge is -2.11. The molecular formula is C49H31N5. The van der Waals surface area contributed by atoms with Crippen LogP contribution < -0.4 is 0 Å². The first-order chi connectivity index (χ1) is 26.8. The number of rotatable bonds is 5. The molecule has 0 N–H and O–H groups in total. The highest BCUT2D eigenvalue weighted by Gasteiger charge is 2.18. The molecule has 0 aliphatic rings. The Morgan fingerprint density at radius 1 is 0.278 bits per heavy atom. The van der Waals surface area contributed by atoms with Crippen LogP contribution in [0.4, 0.5) is 0 Å². The van der Waals surface area contributed by atoms with Gasteiger partial charge in [0, 0.05) is 49.6 Å². The van der Waals surface area contributed by atoms with Gasteiger partial charge in [-0.15, -0.1) is 0 Å². The largest absolute Gasteiger partial charge is 0.309 e.